The van der Waals surface area contributed by atoms with Crippen LogP contribution in [-0.2, 0) is 13.0 Å². The molecule has 4 heteroatoms. The summed E-state index contributed by atoms with van der Waals surface area (Å²) in [4.78, 5) is 6.17. The summed E-state index contributed by atoms with van der Waals surface area (Å²) in [6.07, 6.45) is 3.26. The van der Waals surface area contributed by atoms with Gasteiger partial charge in [0.25, 0.3) is 0 Å². The number of hydrogen-bond donors (Lipinski definition) is 1. The van der Waals surface area contributed by atoms with Crippen molar-refractivity contribution in [1.29, 1.82) is 0 Å². The Morgan fingerprint density at radius 3 is 2.95 bits per heavy atom. The summed E-state index contributed by atoms with van der Waals surface area (Å²) in [5, 5.41) is 4.49. The monoisotopic (exact) mass is 290 g/mol. The van der Waals surface area contributed by atoms with Crippen molar-refractivity contribution in [2.75, 3.05) is 6.54 Å². The van der Waals surface area contributed by atoms with Crippen molar-refractivity contribution in [2.45, 2.75) is 38.6 Å². The minimum Gasteiger partial charge on any atom is -0.312 e. The maximum atomic E-state index is 13.2. The largest absolute Gasteiger partial charge is 0.312 e. The van der Waals surface area contributed by atoms with Gasteiger partial charge in [0.1, 0.15) is 5.82 Å². The molecule has 0 radical (unpaired) electrons. The van der Waals surface area contributed by atoms with Gasteiger partial charge in [0.2, 0.25) is 0 Å². The second-order valence-electron chi connectivity index (χ2n) is 5.28. The van der Waals surface area contributed by atoms with Crippen molar-refractivity contribution in [3.05, 3.63) is 51.2 Å². The van der Waals surface area contributed by atoms with E-state index in [2.05, 4.69) is 12.2 Å². The molecule has 0 atom stereocenters. The minimum atomic E-state index is -0.172. The lowest BCUT2D eigenvalue weighted by atomic mass is 10.1. The molecule has 1 heterocycles. The molecule has 0 aliphatic heterocycles. The Kier molecular flexibility index (Phi) is 4.13. The van der Waals surface area contributed by atoms with Crippen molar-refractivity contribution in [2.24, 2.45) is 0 Å². The molecule has 2 nitrogen and oxygen atoms in total. The SMILES string of the molecule is CCNCc1sc(Cc2cccc(F)c2)nc1C1CC1. The molecule has 1 aromatic carbocycles. The van der Waals surface area contributed by atoms with Gasteiger partial charge in [0, 0.05) is 23.8 Å². The fourth-order valence-electron chi connectivity index (χ4n) is 2.35. The van der Waals surface area contributed by atoms with Crippen LogP contribution in [0.15, 0.2) is 24.3 Å². The highest BCUT2D eigenvalue weighted by atomic mass is 32.1. The third-order valence-electron chi connectivity index (χ3n) is 3.52. The second kappa shape index (κ2) is 6.02. The highest BCUT2D eigenvalue weighted by Crippen LogP contribution is 2.42. The van der Waals surface area contributed by atoms with Gasteiger partial charge in [-0.25, -0.2) is 9.37 Å². The average Bonchev–Trinajstić information content (AvgIpc) is 3.19. The van der Waals surface area contributed by atoms with E-state index >= 15 is 0 Å². The lowest BCUT2D eigenvalue weighted by molar-refractivity contribution is 0.626. The highest BCUT2D eigenvalue weighted by molar-refractivity contribution is 7.11. The zero-order valence-corrected chi connectivity index (χ0v) is 12.5. The third-order valence-corrected chi connectivity index (χ3v) is 4.59. The predicted octanol–water partition coefficient (Wildman–Crippen LogP) is 3.86. The molecule has 1 N–H and O–H groups in total. The normalized spacial score (nSPS) is 14.7. The molecular formula is C16H19FN2S. The van der Waals surface area contributed by atoms with Crippen LogP contribution in [0, 0.1) is 5.82 Å². The Bertz CT molecular complexity index is 590. The predicted molar refractivity (Wildman–Crippen MR) is 80.7 cm³/mol. The van der Waals surface area contributed by atoms with Gasteiger partial charge in [-0.05, 0) is 37.1 Å². The van der Waals surface area contributed by atoms with E-state index in [4.69, 9.17) is 4.98 Å². The molecule has 106 valence electrons. The Morgan fingerprint density at radius 2 is 2.25 bits per heavy atom. The summed E-state index contributed by atoms with van der Waals surface area (Å²) in [6, 6.07) is 6.81. The molecule has 1 aliphatic rings. The summed E-state index contributed by atoms with van der Waals surface area (Å²) >= 11 is 1.77. The Labute approximate surface area is 123 Å². The third kappa shape index (κ3) is 3.25. The zero-order valence-electron chi connectivity index (χ0n) is 11.7. The van der Waals surface area contributed by atoms with Crippen molar-refractivity contribution in [1.82, 2.24) is 10.3 Å². The Hall–Kier alpha value is -1.26. The number of thiazole rings is 1. The van der Waals surface area contributed by atoms with Crippen molar-refractivity contribution >= 4 is 11.3 Å². The first-order valence-electron chi connectivity index (χ1n) is 7.20. The number of rotatable bonds is 6. The van der Waals surface area contributed by atoms with Gasteiger partial charge in [-0.3, -0.25) is 0 Å². The summed E-state index contributed by atoms with van der Waals surface area (Å²) in [5.74, 6) is 0.496. The van der Waals surface area contributed by atoms with E-state index in [1.807, 2.05) is 6.07 Å². The molecule has 0 unspecified atom stereocenters. The molecule has 20 heavy (non-hydrogen) atoms. The van der Waals surface area contributed by atoms with Gasteiger partial charge in [-0.2, -0.15) is 0 Å². The first-order valence-corrected chi connectivity index (χ1v) is 8.01. The van der Waals surface area contributed by atoms with Gasteiger partial charge in [0.05, 0.1) is 10.7 Å². The molecule has 1 fully saturated rings. The van der Waals surface area contributed by atoms with E-state index in [1.165, 1.54) is 29.5 Å². The summed E-state index contributed by atoms with van der Waals surface area (Å²) in [6.45, 7) is 4.00. The van der Waals surface area contributed by atoms with E-state index in [9.17, 15) is 4.39 Å². The van der Waals surface area contributed by atoms with Crippen molar-refractivity contribution in [3.8, 4) is 0 Å². The maximum Gasteiger partial charge on any atom is 0.123 e. The summed E-state index contributed by atoms with van der Waals surface area (Å²) in [5.41, 5.74) is 2.28. The first-order chi connectivity index (χ1) is 9.76. The van der Waals surface area contributed by atoms with Crippen LogP contribution in [-0.4, -0.2) is 11.5 Å². The van der Waals surface area contributed by atoms with E-state index < -0.39 is 0 Å². The standard InChI is InChI=1S/C16H19FN2S/c1-2-18-10-14-16(12-6-7-12)19-15(20-14)9-11-4-3-5-13(17)8-11/h3-5,8,12,18H,2,6-7,9-10H2,1H3. The molecule has 2 aromatic rings. The molecule has 3 rings (SSSR count). The maximum absolute atomic E-state index is 13.2. The molecular weight excluding hydrogens is 271 g/mol. The molecule has 0 spiro atoms. The second-order valence-corrected chi connectivity index (χ2v) is 6.45. The zero-order chi connectivity index (χ0) is 13.9. The van der Waals surface area contributed by atoms with E-state index in [1.54, 1.807) is 23.5 Å². The van der Waals surface area contributed by atoms with Crippen molar-refractivity contribution in [3.63, 3.8) is 0 Å². The molecule has 0 bridgehead atoms. The van der Waals surface area contributed by atoms with Crippen molar-refractivity contribution < 1.29 is 4.39 Å². The van der Waals surface area contributed by atoms with E-state index in [-0.39, 0.29) is 5.82 Å². The summed E-state index contributed by atoms with van der Waals surface area (Å²) in [7, 11) is 0. The van der Waals surface area contributed by atoms with E-state index in [0.717, 1.165) is 30.1 Å². The Balaban J connectivity index is 1.79. The van der Waals surface area contributed by atoms with Crippen LogP contribution in [0.25, 0.3) is 0 Å². The fraction of sp³-hybridized carbons (Fsp3) is 0.438. The lowest BCUT2D eigenvalue weighted by Crippen LogP contribution is -2.11. The first kappa shape index (κ1) is 13.7. The number of halogens is 1. The minimum absolute atomic E-state index is 0.172. The Morgan fingerprint density at radius 1 is 1.40 bits per heavy atom. The van der Waals surface area contributed by atoms with Crippen LogP contribution in [0.3, 0.4) is 0 Å². The van der Waals surface area contributed by atoms with Gasteiger partial charge >= 0.3 is 0 Å². The molecule has 0 amide bonds. The molecule has 0 saturated heterocycles. The van der Waals surface area contributed by atoms with Gasteiger partial charge < -0.3 is 5.32 Å². The van der Waals surface area contributed by atoms with Gasteiger partial charge in [0.15, 0.2) is 0 Å². The lowest BCUT2D eigenvalue weighted by Gasteiger charge is -2.00. The molecule has 1 aromatic heterocycles. The number of benzene rings is 1. The number of nitrogens with one attached hydrogen (secondary N) is 1. The quantitative estimate of drug-likeness (QED) is 0.874. The fourth-order valence-corrected chi connectivity index (χ4v) is 3.51. The number of hydrogen-bond acceptors (Lipinski definition) is 3. The van der Waals surface area contributed by atoms with Crippen LogP contribution in [0.2, 0.25) is 0 Å². The van der Waals surface area contributed by atoms with Crippen LogP contribution in [0.4, 0.5) is 4.39 Å². The van der Waals surface area contributed by atoms with Crippen LogP contribution < -0.4 is 5.32 Å². The van der Waals surface area contributed by atoms with Gasteiger partial charge in [-0.1, -0.05) is 19.1 Å². The smallest absolute Gasteiger partial charge is 0.123 e. The number of nitrogens with zero attached hydrogens (tertiary/aromatic N) is 1. The van der Waals surface area contributed by atoms with E-state index in [0.29, 0.717) is 5.92 Å². The van der Waals surface area contributed by atoms with Gasteiger partial charge in [-0.15, -0.1) is 11.3 Å². The molecule has 1 aliphatic carbocycles. The van der Waals surface area contributed by atoms with Crippen LogP contribution in [0.5, 0.6) is 0 Å². The van der Waals surface area contributed by atoms with Crippen LogP contribution >= 0.6 is 11.3 Å². The summed E-state index contributed by atoms with van der Waals surface area (Å²) < 4.78 is 13.2. The topological polar surface area (TPSA) is 24.9 Å². The molecule has 1 saturated carbocycles. The van der Waals surface area contributed by atoms with Crippen LogP contribution in [0.1, 0.15) is 46.8 Å². The number of aromatic nitrogens is 1. The average molecular weight is 290 g/mol. The highest BCUT2D eigenvalue weighted by Gasteiger charge is 2.29.